The van der Waals surface area contributed by atoms with Gasteiger partial charge in [-0.05, 0) is 49.5 Å². The topological polar surface area (TPSA) is 46.2 Å². The van der Waals surface area contributed by atoms with Crippen LogP contribution in [0.2, 0.25) is 0 Å². The van der Waals surface area contributed by atoms with Gasteiger partial charge in [0.25, 0.3) is 0 Å². The van der Waals surface area contributed by atoms with E-state index >= 15 is 0 Å². The second-order valence-electron chi connectivity index (χ2n) is 6.10. The van der Waals surface area contributed by atoms with Crippen molar-refractivity contribution in [2.45, 2.75) is 39.0 Å². The Bertz CT molecular complexity index is 366. The molecule has 0 aliphatic heterocycles. The molecule has 0 aromatic heterocycles. The van der Waals surface area contributed by atoms with E-state index in [1.807, 2.05) is 0 Å². The molecule has 2 rings (SSSR count). The Morgan fingerprint density at radius 3 is 2.59 bits per heavy atom. The van der Waals surface area contributed by atoms with E-state index in [9.17, 15) is 8.42 Å². The Kier molecular flexibility index (Phi) is 3.83. The molecule has 4 heteroatoms. The normalized spacial score (nSPS) is 36.6. The highest BCUT2D eigenvalue weighted by molar-refractivity contribution is 7.90. The molecular formula is C13H25NO2S. The highest BCUT2D eigenvalue weighted by Gasteiger charge is 2.50. The van der Waals surface area contributed by atoms with E-state index in [1.165, 1.54) is 31.9 Å². The first-order chi connectivity index (χ1) is 7.95. The average Bonchev–Trinajstić information content (AvgIpc) is 2.83. The van der Waals surface area contributed by atoms with Gasteiger partial charge in [0.2, 0.25) is 0 Å². The zero-order valence-electron chi connectivity index (χ0n) is 11.0. The van der Waals surface area contributed by atoms with Crippen LogP contribution < -0.4 is 5.32 Å². The monoisotopic (exact) mass is 259 g/mol. The summed E-state index contributed by atoms with van der Waals surface area (Å²) in [6.07, 6.45) is 7.51. The zero-order chi connectivity index (χ0) is 12.5. The predicted molar refractivity (Wildman–Crippen MR) is 70.8 cm³/mol. The standard InChI is InChI=1S/C13H25NO2S/c1-3-14-10-13(6-7-17(2,15)16)9-11-4-5-12(13)8-11/h11-12,14H,3-10H2,1-2H3. The van der Waals surface area contributed by atoms with Gasteiger partial charge in [-0.15, -0.1) is 0 Å². The van der Waals surface area contributed by atoms with E-state index < -0.39 is 9.84 Å². The van der Waals surface area contributed by atoms with Crippen LogP contribution in [0.25, 0.3) is 0 Å². The number of fused-ring (bicyclic) bond motifs is 2. The van der Waals surface area contributed by atoms with Gasteiger partial charge in [-0.3, -0.25) is 0 Å². The van der Waals surface area contributed by atoms with Crippen molar-refractivity contribution < 1.29 is 8.42 Å². The molecule has 0 heterocycles. The van der Waals surface area contributed by atoms with Gasteiger partial charge in [0.15, 0.2) is 0 Å². The fourth-order valence-corrected chi connectivity index (χ4v) is 4.71. The maximum absolute atomic E-state index is 11.4. The van der Waals surface area contributed by atoms with E-state index in [-0.39, 0.29) is 5.41 Å². The summed E-state index contributed by atoms with van der Waals surface area (Å²) in [5.41, 5.74) is 0.280. The first-order valence-electron chi connectivity index (χ1n) is 6.84. The molecule has 2 bridgehead atoms. The van der Waals surface area contributed by atoms with E-state index in [1.54, 1.807) is 0 Å². The van der Waals surface area contributed by atoms with Gasteiger partial charge < -0.3 is 5.32 Å². The van der Waals surface area contributed by atoms with Crippen molar-refractivity contribution in [3.8, 4) is 0 Å². The summed E-state index contributed by atoms with van der Waals surface area (Å²) in [6.45, 7) is 4.12. The lowest BCUT2D eigenvalue weighted by molar-refractivity contribution is 0.152. The number of hydrogen-bond acceptors (Lipinski definition) is 3. The lowest BCUT2D eigenvalue weighted by Gasteiger charge is -2.38. The first kappa shape index (κ1) is 13.3. The molecular weight excluding hydrogens is 234 g/mol. The summed E-state index contributed by atoms with van der Waals surface area (Å²) in [5, 5.41) is 3.46. The van der Waals surface area contributed by atoms with Crippen LogP contribution in [0, 0.1) is 17.3 Å². The Morgan fingerprint density at radius 2 is 2.12 bits per heavy atom. The minimum Gasteiger partial charge on any atom is -0.316 e. The summed E-state index contributed by atoms with van der Waals surface area (Å²) >= 11 is 0. The van der Waals surface area contributed by atoms with Crippen molar-refractivity contribution in [3.63, 3.8) is 0 Å². The van der Waals surface area contributed by atoms with Gasteiger partial charge in [-0.2, -0.15) is 0 Å². The molecule has 2 aliphatic carbocycles. The number of nitrogens with one attached hydrogen (secondary N) is 1. The fourth-order valence-electron chi connectivity index (χ4n) is 3.93. The van der Waals surface area contributed by atoms with Gasteiger partial charge in [-0.25, -0.2) is 8.42 Å². The average molecular weight is 259 g/mol. The summed E-state index contributed by atoms with van der Waals surface area (Å²) in [4.78, 5) is 0. The highest BCUT2D eigenvalue weighted by Crippen LogP contribution is 2.57. The molecule has 3 nitrogen and oxygen atoms in total. The molecule has 100 valence electrons. The van der Waals surface area contributed by atoms with Crippen LogP contribution in [0.15, 0.2) is 0 Å². The van der Waals surface area contributed by atoms with Crippen molar-refractivity contribution >= 4 is 9.84 Å². The van der Waals surface area contributed by atoms with E-state index in [0.29, 0.717) is 5.75 Å². The predicted octanol–water partition coefficient (Wildman–Crippen LogP) is 1.84. The quantitative estimate of drug-likeness (QED) is 0.791. The van der Waals surface area contributed by atoms with Crippen LogP contribution in [-0.2, 0) is 9.84 Å². The molecule has 0 aromatic rings. The molecule has 2 aliphatic rings. The summed E-state index contributed by atoms with van der Waals surface area (Å²) in [5.74, 6) is 2.01. The minimum absolute atomic E-state index is 0.280. The molecule has 0 aromatic carbocycles. The molecule has 0 amide bonds. The Labute approximate surface area is 105 Å². The molecule has 3 atom stereocenters. The molecule has 0 saturated heterocycles. The molecule has 0 spiro atoms. The highest BCUT2D eigenvalue weighted by atomic mass is 32.2. The Balaban J connectivity index is 2.03. The number of hydrogen-bond donors (Lipinski definition) is 1. The third-order valence-corrected chi connectivity index (χ3v) is 5.75. The van der Waals surface area contributed by atoms with Crippen LogP contribution in [0.5, 0.6) is 0 Å². The van der Waals surface area contributed by atoms with Crippen molar-refractivity contribution in [1.29, 1.82) is 0 Å². The van der Waals surface area contributed by atoms with Gasteiger partial charge in [0.05, 0.1) is 5.75 Å². The second-order valence-corrected chi connectivity index (χ2v) is 8.36. The molecule has 3 unspecified atom stereocenters. The second kappa shape index (κ2) is 4.88. The largest absolute Gasteiger partial charge is 0.316 e. The van der Waals surface area contributed by atoms with Gasteiger partial charge in [0.1, 0.15) is 9.84 Å². The van der Waals surface area contributed by atoms with Crippen molar-refractivity contribution in [3.05, 3.63) is 0 Å². The maximum Gasteiger partial charge on any atom is 0.147 e. The first-order valence-corrected chi connectivity index (χ1v) is 8.90. The van der Waals surface area contributed by atoms with Crippen LogP contribution in [0.4, 0.5) is 0 Å². The van der Waals surface area contributed by atoms with Crippen LogP contribution in [-0.4, -0.2) is 33.5 Å². The minimum atomic E-state index is -2.82. The zero-order valence-corrected chi connectivity index (χ0v) is 11.9. The van der Waals surface area contributed by atoms with Gasteiger partial charge in [-0.1, -0.05) is 13.3 Å². The molecule has 2 saturated carbocycles. The lowest BCUT2D eigenvalue weighted by atomic mass is 9.71. The van der Waals surface area contributed by atoms with Crippen LogP contribution >= 0.6 is 0 Å². The number of sulfone groups is 1. The van der Waals surface area contributed by atoms with Gasteiger partial charge >= 0.3 is 0 Å². The van der Waals surface area contributed by atoms with E-state index in [0.717, 1.165) is 31.3 Å². The van der Waals surface area contributed by atoms with Crippen molar-refractivity contribution in [1.82, 2.24) is 5.32 Å². The summed E-state index contributed by atoms with van der Waals surface area (Å²) in [7, 11) is -2.82. The smallest absolute Gasteiger partial charge is 0.147 e. The lowest BCUT2D eigenvalue weighted by Crippen LogP contribution is -2.40. The Hall–Kier alpha value is -0.0900. The summed E-state index contributed by atoms with van der Waals surface area (Å²) < 4.78 is 22.8. The molecule has 17 heavy (non-hydrogen) atoms. The number of rotatable bonds is 6. The maximum atomic E-state index is 11.4. The van der Waals surface area contributed by atoms with Crippen molar-refractivity contribution in [2.24, 2.45) is 17.3 Å². The SMILES string of the molecule is CCNCC1(CCS(C)(=O)=O)CC2CCC1C2. The van der Waals surface area contributed by atoms with Crippen molar-refractivity contribution in [2.75, 3.05) is 25.1 Å². The van der Waals surface area contributed by atoms with Crippen LogP contribution in [0.1, 0.15) is 39.0 Å². The molecule has 1 N–H and O–H groups in total. The van der Waals surface area contributed by atoms with E-state index in [4.69, 9.17) is 0 Å². The van der Waals surface area contributed by atoms with Gasteiger partial charge in [0, 0.05) is 12.8 Å². The summed E-state index contributed by atoms with van der Waals surface area (Å²) in [6, 6.07) is 0. The Morgan fingerprint density at radius 1 is 1.35 bits per heavy atom. The molecule has 2 fully saturated rings. The van der Waals surface area contributed by atoms with E-state index in [2.05, 4.69) is 12.2 Å². The molecule has 0 radical (unpaired) electrons. The third kappa shape index (κ3) is 3.02. The fraction of sp³-hybridized carbons (Fsp3) is 1.00. The van der Waals surface area contributed by atoms with Crippen LogP contribution in [0.3, 0.4) is 0 Å². The third-order valence-electron chi connectivity index (χ3n) is 4.80.